The number of allylic oxidation sites excluding steroid dienone is 1. The molecule has 2 rings (SSSR count). The fourth-order valence-corrected chi connectivity index (χ4v) is 1.38. The molecule has 0 amide bonds. The monoisotopic (exact) mass is 226 g/mol. The minimum Gasteiger partial charge on any atom is -0.103 e. The van der Waals surface area contributed by atoms with Gasteiger partial charge >= 0.3 is 0 Å². The van der Waals surface area contributed by atoms with Crippen LogP contribution in [0.1, 0.15) is 19.9 Å². The summed E-state index contributed by atoms with van der Waals surface area (Å²) in [6.07, 6.45) is 1.75. The van der Waals surface area contributed by atoms with Crippen LogP contribution >= 0.6 is 0 Å². The molecule has 0 unspecified atom stereocenters. The van der Waals surface area contributed by atoms with Crippen molar-refractivity contribution in [1.82, 2.24) is 0 Å². The average molecular weight is 226 g/mol. The van der Waals surface area contributed by atoms with Crippen LogP contribution < -0.4 is 0 Å². The Balaban J connectivity index is 0.000000583. The van der Waals surface area contributed by atoms with E-state index in [2.05, 4.69) is 62.0 Å². The molecule has 0 bridgehead atoms. The highest BCUT2D eigenvalue weighted by Gasteiger charge is 1.93. The maximum Gasteiger partial charge on any atom is -0.0184 e. The summed E-state index contributed by atoms with van der Waals surface area (Å²) < 4.78 is 0. The normalized spacial score (nSPS) is 8.35. The largest absolute Gasteiger partial charge is 0.103 e. The van der Waals surface area contributed by atoms with Crippen LogP contribution in [0.25, 0.3) is 11.1 Å². The smallest absolute Gasteiger partial charge is 0.0184 e. The highest BCUT2D eigenvalue weighted by atomic mass is 14.0. The Hall–Kier alpha value is -1.82. The molecule has 0 aromatic heterocycles. The van der Waals surface area contributed by atoms with Crippen LogP contribution in [0.5, 0.6) is 0 Å². The van der Waals surface area contributed by atoms with Gasteiger partial charge in [0, 0.05) is 0 Å². The first kappa shape index (κ1) is 15.2. The first-order chi connectivity index (χ1) is 7.77. The Bertz CT molecular complexity index is 410. The first-order valence-corrected chi connectivity index (χ1v) is 5.47. The molecule has 0 heterocycles. The van der Waals surface area contributed by atoms with E-state index in [-0.39, 0.29) is 7.43 Å². The highest BCUT2D eigenvalue weighted by molar-refractivity contribution is 5.63. The molecule has 17 heavy (non-hydrogen) atoms. The molecule has 2 aromatic carbocycles. The van der Waals surface area contributed by atoms with E-state index in [1.807, 2.05) is 13.0 Å². The van der Waals surface area contributed by atoms with Gasteiger partial charge in [0.15, 0.2) is 0 Å². The highest BCUT2D eigenvalue weighted by Crippen LogP contribution is 2.18. The second-order valence-corrected chi connectivity index (χ2v) is 3.64. The average Bonchev–Trinajstić information content (AvgIpc) is 2.32. The minimum atomic E-state index is 0. The Labute approximate surface area is 106 Å². The number of hydrogen-bond donors (Lipinski definition) is 0. The van der Waals surface area contributed by atoms with Crippen LogP contribution in [0.2, 0.25) is 0 Å². The van der Waals surface area contributed by atoms with Gasteiger partial charge < -0.3 is 0 Å². The molecule has 0 saturated heterocycles. The third-order valence-electron chi connectivity index (χ3n) is 2.16. The first-order valence-electron chi connectivity index (χ1n) is 5.47. The van der Waals surface area contributed by atoms with Gasteiger partial charge in [-0.1, -0.05) is 73.7 Å². The van der Waals surface area contributed by atoms with Crippen molar-refractivity contribution in [2.75, 3.05) is 0 Å². The van der Waals surface area contributed by atoms with E-state index in [1.54, 1.807) is 6.08 Å². The number of rotatable bonds is 1. The van der Waals surface area contributed by atoms with Gasteiger partial charge in [-0.3, -0.25) is 0 Å². The summed E-state index contributed by atoms with van der Waals surface area (Å²) in [6, 6.07) is 19.0. The molecule has 0 heteroatoms. The summed E-state index contributed by atoms with van der Waals surface area (Å²) in [4.78, 5) is 0. The molecule has 0 aliphatic rings. The fourth-order valence-electron chi connectivity index (χ4n) is 1.38. The van der Waals surface area contributed by atoms with E-state index in [4.69, 9.17) is 0 Å². The molecule has 0 N–H and O–H groups in total. The summed E-state index contributed by atoms with van der Waals surface area (Å²) >= 11 is 0. The quantitative estimate of drug-likeness (QED) is 0.564. The van der Waals surface area contributed by atoms with E-state index in [0.717, 1.165) is 0 Å². The lowest BCUT2D eigenvalue weighted by atomic mass is 10.0. The summed E-state index contributed by atoms with van der Waals surface area (Å²) in [5.41, 5.74) is 3.87. The summed E-state index contributed by atoms with van der Waals surface area (Å²) in [5.74, 6) is 0. The van der Waals surface area contributed by atoms with Crippen molar-refractivity contribution in [1.29, 1.82) is 0 Å². The van der Waals surface area contributed by atoms with Gasteiger partial charge in [-0.2, -0.15) is 0 Å². The molecule has 0 aliphatic carbocycles. The molecule has 0 nitrogen and oxygen atoms in total. The minimum absolute atomic E-state index is 0. The number of aryl methyl sites for hydroxylation is 1. The predicted molar refractivity (Wildman–Crippen MR) is 79.2 cm³/mol. The predicted octanol–water partition coefficient (Wildman–Crippen LogP) is 5.49. The van der Waals surface area contributed by atoms with Crippen molar-refractivity contribution >= 4 is 0 Å². The van der Waals surface area contributed by atoms with Crippen LogP contribution in [-0.2, 0) is 0 Å². The summed E-state index contributed by atoms with van der Waals surface area (Å²) in [7, 11) is 0. The van der Waals surface area contributed by atoms with Gasteiger partial charge in [-0.05, 0) is 25.0 Å². The van der Waals surface area contributed by atoms with Crippen molar-refractivity contribution < 1.29 is 0 Å². The van der Waals surface area contributed by atoms with Crippen molar-refractivity contribution in [3.63, 3.8) is 0 Å². The van der Waals surface area contributed by atoms with E-state index >= 15 is 0 Å². The molecule has 90 valence electrons. The number of hydrogen-bond acceptors (Lipinski definition) is 0. The topological polar surface area (TPSA) is 0 Å². The molecular weight excluding hydrogens is 204 g/mol. The Kier molecular flexibility index (Phi) is 7.45. The Morgan fingerprint density at radius 1 is 0.824 bits per heavy atom. The summed E-state index contributed by atoms with van der Waals surface area (Å²) in [5, 5.41) is 0. The van der Waals surface area contributed by atoms with Gasteiger partial charge in [0.2, 0.25) is 0 Å². The molecule has 2 aromatic rings. The van der Waals surface area contributed by atoms with E-state index in [1.165, 1.54) is 16.7 Å². The lowest BCUT2D eigenvalue weighted by Gasteiger charge is -2.00. The van der Waals surface area contributed by atoms with Gasteiger partial charge in [0.05, 0.1) is 0 Å². The molecule has 0 atom stereocenters. The van der Waals surface area contributed by atoms with Crippen molar-refractivity contribution in [2.24, 2.45) is 0 Å². The molecule has 0 saturated carbocycles. The lowest BCUT2D eigenvalue weighted by molar-refractivity contribution is 1.47. The van der Waals surface area contributed by atoms with E-state index in [0.29, 0.717) is 0 Å². The Morgan fingerprint density at radius 3 is 1.71 bits per heavy atom. The molecule has 0 aliphatic heterocycles. The molecule has 0 fully saturated rings. The van der Waals surface area contributed by atoms with Crippen LogP contribution in [0.3, 0.4) is 0 Å². The lowest BCUT2D eigenvalue weighted by Crippen LogP contribution is -1.76. The SMILES string of the molecule is C.C=CC.Cc1ccc(-c2ccccc2)cc1. The van der Waals surface area contributed by atoms with Crippen molar-refractivity contribution in [3.05, 3.63) is 72.8 Å². The molecule has 0 spiro atoms. The van der Waals surface area contributed by atoms with Crippen LogP contribution in [0.15, 0.2) is 67.3 Å². The van der Waals surface area contributed by atoms with Crippen molar-refractivity contribution in [3.8, 4) is 11.1 Å². The van der Waals surface area contributed by atoms with Crippen LogP contribution in [-0.4, -0.2) is 0 Å². The number of benzene rings is 2. The maximum atomic E-state index is 3.36. The van der Waals surface area contributed by atoms with Gasteiger partial charge in [-0.15, -0.1) is 6.58 Å². The fraction of sp³-hybridized carbons (Fsp3) is 0.176. The van der Waals surface area contributed by atoms with Gasteiger partial charge in [-0.25, -0.2) is 0 Å². The zero-order chi connectivity index (χ0) is 11.8. The molecular formula is C17H22. The standard InChI is InChI=1S/C13H12.C3H6.CH4/c1-11-7-9-13(10-8-11)12-5-3-2-4-6-12;1-3-2;/h2-10H,1H3;3H,1H2,2H3;1H4. The van der Waals surface area contributed by atoms with Crippen LogP contribution in [0, 0.1) is 6.92 Å². The van der Waals surface area contributed by atoms with Crippen LogP contribution in [0.4, 0.5) is 0 Å². The second-order valence-electron chi connectivity index (χ2n) is 3.64. The zero-order valence-electron chi connectivity index (χ0n) is 9.98. The third-order valence-corrected chi connectivity index (χ3v) is 2.16. The van der Waals surface area contributed by atoms with E-state index < -0.39 is 0 Å². The van der Waals surface area contributed by atoms with Gasteiger partial charge in [0.25, 0.3) is 0 Å². The summed E-state index contributed by atoms with van der Waals surface area (Å²) in [6.45, 7) is 7.36. The van der Waals surface area contributed by atoms with Gasteiger partial charge in [0.1, 0.15) is 0 Å². The third kappa shape index (κ3) is 5.17. The Morgan fingerprint density at radius 2 is 1.24 bits per heavy atom. The molecule has 0 radical (unpaired) electrons. The second kappa shape index (κ2) is 8.35. The zero-order valence-corrected chi connectivity index (χ0v) is 9.98. The van der Waals surface area contributed by atoms with Crippen molar-refractivity contribution in [2.45, 2.75) is 21.3 Å². The van der Waals surface area contributed by atoms with E-state index in [9.17, 15) is 0 Å². The maximum absolute atomic E-state index is 3.36.